The molecule has 0 spiro atoms. The van der Waals surface area contributed by atoms with Gasteiger partial charge in [-0.05, 0) is 48.6 Å². The van der Waals surface area contributed by atoms with Crippen LogP contribution in [-0.4, -0.2) is 34.4 Å². The van der Waals surface area contributed by atoms with E-state index in [2.05, 4.69) is 30.9 Å². The molecule has 4 heterocycles. The number of carbonyl (C=O) groups is 1. The summed E-state index contributed by atoms with van der Waals surface area (Å²) in [6.07, 6.45) is 4.22. The second kappa shape index (κ2) is 8.57. The van der Waals surface area contributed by atoms with Gasteiger partial charge in [-0.3, -0.25) is 4.79 Å². The second-order valence-electron chi connectivity index (χ2n) is 7.20. The molecule has 5 rings (SSSR count). The third-order valence-corrected chi connectivity index (χ3v) is 5.92. The fourth-order valence-corrected chi connectivity index (χ4v) is 4.14. The smallest absolute Gasteiger partial charge is 0.277 e. The minimum absolute atomic E-state index is 0.236. The van der Waals surface area contributed by atoms with Crippen LogP contribution < -0.4 is 15.5 Å². The molecular formula is C22H20N6O2S. The molecule has 3 aromatic heterocycles. The van der Waals surface area contributed by atoms with Gasteiger partial charge < -0.3 is 20.1 Å². The standard InChI is InChI=1S/C22H20N6O2S/c29-22(18-13-19(30-27-18)20-4-3-11-31-20)25-16-7-5-15(6-8-16)24-21-12-17(14-23-26-21)28-9-1-2-10-28/h3-8,11-14H,1-2,9-10H2,(H,24,26)(H,25,29). The van der Waals surface area contributed by atoms with E-state index >= 15 is 0 Å². The van der Waals surface area contributed by atoms with Crippen LogP contribution in [0.15, 0.2) is 64.6 Å². The van der Waals surface area contributed by atoms with E-state index in [0.717, 1.165) is 29.3 Å². The van der Waals surface area contributed by atoms with Crippen molar-refractivity contribution in [1.82, 2.24) is 15.4 Å². The first-order valence-corrected chi connectivity index (χ1v) is 10.9. The molecule has 0 unspecified atom stereocenters. The Morgan fingerprint density at radius 1 is 1.06 bits per heavy atom. The van der Waals surface area contributed by atoms with E-state index in [9.17, 15) is 4.79 Å². The van der Waals surface area contributed by atoms with Gasteiger partial charge in [-0.25, -0.2) is 0 Å². The zero-order valence-electron chi connectivity index (χ0n) is 16.6. The van der Waals surface area contributed by atoms with Crippen molar-refractivity contribution in [2.24, 2.45) is 0 Å². The fourth-order valence-electron chi connectivity index (χ4n) is 3.46. The van der Waals surface area contributed by atoms with Crippen LogP contribution in [0.1, 0.15) is 23.3 Å². The molecule has 4 aromatic rings. The van der Waals surface area contributed by atoms with Crippen LogP contribution >= 0.6 is 11.3 Å². The van der Waals surface area contributed by atoms with Gasteiger partial charge in [0, 0.05) is 36.6 Å². The Morgan fingerprint density at radius 2 is 1.87 bits per heavy atom. The van der Waals surface area contributed by atoms with E-state index in [1.165, 1.54) is 24.2 Å². The van der Waals surface area contributed by atoms with Crippen LogP contribution in [0.25, 0.3) is 10.6 Å². The van der Waals surface area contributed by atoms with Crippen LogP contribution in [0.3, 0.4) is 0 Å². The van der Waals surface area contributed by atoms with Gasteiger partial charge in [-0.2, -0.15) is 5.10 Å². The van der Waals surface area contributed by atoms with Crippen molar-refractivity contribution >= 4 is 40.1 Å². The summed E-state index contributed by atoms with van der Waals surface area (Å²) in [6, 6.07) is 14.9. The number of nitrogens with zero attached hydrogens (tertiary/aromatic N) is 4. The van der Waals surface area contributed by atoms with Crippen molar-refractivity contribution in [2.75, 3.05) is 28.6 Å². The monoisotopic (exact) mass is 432 g/mol. The van der Waals surface area contributed by atoms with Crippen LogP contribution in [-0.2, 0) is 0 Å². The molecule has 156 valence electrons. The van der Waals surface area contributed by atoms with Crippen LogP contribution in [0.4, 0.5) is 22.9 Å². The Balaban J connectivity index is 1.22. The average molecular weight is 433 g/mol. The fraction of sp³-hybridized carbons (Fsp3) is 0.182. The summed E-state index contributed by atoms with van der Waals surface area (Å²) >= 11 is 1.53. The highest BCUT2D eigenvalue weighted by Crippen LogP contribution is 2.26. The molecule has 1 aromatic carbocycles. The van der Waals surface area contributed by atoms with E-state index in [0.29, 0.717) is 17.3 Å². The molecule has 31 heavy (non-hydrogen) atoms. The highest BCUT2D eigenvalue weighted by Gasteiger charge is 2.15. The summed E-state index contributed by atoms with van der Waals surface area (Å²) in [4.78, 5) is 15.7. The normalized spacial score (nSPS) is 13.4. The van der Waals surface area contributed by atoms with Crippen molar-refractivity contribution in [3.05, 3.63) is 65.8 Å². The predicted molar refractivity (Wildman–Crippen MR) is 121 cm³/mol. The number of benzene rings is 1. The molecule has 1 aliphatic heterocycles. The van der Waals surface area contributed by atoms with Gasteiger partial charge in [0.05, 0.1) is 16.8 Å². The Hall–Kier alpha value is -3.72. The summed E-state index contributed by atoms with van der Waals surface area (Å²) in [5, 5.41) is 20.2. The number of rotatable bonds is 6. The maximum absolute atomic E-state index is 12.5. The van der Waals surface area contributed by atoms with E-state index in [1.54, 1.807) is 12.3 Å². The van der Waals surface area contributed by atoms with Crippen LogP contribution in [0.5, 0.6) is 0 Å². The first-order chi connectivity index (χ1) is 15.2. The Bertz CT molecular complexity index is 1170. The highest BCUT2D eigenvalue weighted by atomic mass is 32.1. The molecule has 0 saturated carbocycles. The molecular weight excluding hydrogens is 412 g/mol. The number of hydrogen-bond acceptors (Lipinski definition) is 8. The molecule has 1 saturated heterocycles. The molecule has 2 N–H and O–H groups in total. The van der Waals surface area contributed by atoms with Crippen LogP contribution in [0.2, 0.25) is 0 Å². The number of aromatic nitrogens is 3. The molecule has 1 aliphatic rings. The average Bonchev–Trinajstić information content (AvgIpc) is 3.57. The SMILES string of the molecule is O=C(Nc1ccc(Nc2cc(N3CCCC3)cnn2)cc1)c1cc(-c2cccs2)on1. The molecule has 1 fully saturated rings. The third-order valence-electron chi connectivity index (χ3n) is 5.03. The summed E-state index contributed by atoms with van der Waals surface area (Å²) in [7, 11) is 0. The molecule has 0 atom stereocenters. The highest BCUT2D eigenvalue weighted by molar-refractivity contribution is 7.13. The maximum Gasteiger partial charge on any atom is 0.277 e. The van der Waals surface area contributed by atoms with Gasteiger partial charge in [0.15, 0.2) is 17.3 Å². The Labute approximate surface area is 182 Å². The van der Waals surface area contributed by atoms with E-state index in [4.69, 9.17) is 4.52 Å². The lowest BCUT2D eigenvalue weighted by molar-refractivity contribution is 0.101. The number of anilines is 4. The van der Waals surface area contributed by atoms with Crippen molar-refractivity contribution in [3.8, 4) is 10.6 Å². The third kappa shape index (κ3) is 4.41. The first kappa shape index (κ1) is 19.3. The quantitative estimate of drug-likeness (QED) is 0.452. The van der Waals surface area contributed by atoms with E-state index < -0.39 is 0 Å². The number of hydrogen-bond donors (Lipinski definition) is 2. The molecule has 0 bridgehead atoms. The topological polar surface area (TPSA) is 96.2 Å². The zero-order chi connectivity index (χ0) is 21.0. The van der Waals surface area contributed by atoms with Gasteiger partial charge in [0.1, 0.15) is 0 Å². The largest absolute Gasteiger partial charge is 0.370 e. The van der Waals surface area contributed by atoms with Crippen molar-refractivity contribution in [1.29, 1.82) is 0 Å². The van der Waals surface area contributed by atoms with Gasteiger partial charge in [0.25, 0.3) is 5.91 Å². The van der Waals surface area contributed by atoms with Gasteiger partial charge in [-0.1, -0.05) is 11.2 Å². The minimum atomic E-state index is -0.323. The number of carbonyl (C=O) groups excluding carboxylic acids is 1. The Morgan fingerprint density at radius 3 is 2.65 bits per heavy atom. The maximum atomic E-state index is 12.5. The van der Waals surface area contributed by atoms with Gasteiger partial charge in [-0.15, -0.1) is 16.4 Å². The second-order valence-corrected chi connectivity index (χ2v) is 8.15. The lowest BCUT2D eigenvalue weighted by atomic mass is 10.2. The van der Waals surface area contributed by atoms with Crippen molar-refractivity contribution in [2.45, 2.75) is 12.8 Å². The molecule has 0 aliphatic carbocycles. The number of nitrogens with one attached hydrogen (secondary N) is 2. The Kier molecular flexibility index (Phi) is 5.32. The van der Waals surface area contributed by atoms with Crippen molar-refractivity contribution < 1.29 is 9.32 Å². The lowest BCUT2D eigenvalue weighted by Crippen LogP contribution is -2.18. The summed E-state index contributed by atoms with van der Waals surface area (Å²) in [5.41, 5.74) is 2.83. The summed E-state index contributed by atoms with van der Waals surface area (Å²) in [5.74, 6) is 0.943. The van der Waals surface area contributed by atoms with Crippen LogP contribution in [0, 0.1) is 0 Å². The minimum Gasteiger partial charge on any atom is -0.370 e. The molecule has 8 nitrogen and oxygen atoms in total. The van der Waals surface area contributed by atoms with E-state index in [1.807, 2.05) is 47.8 Å². The predicted octanol–water partition coefficient (Wildman–Crippen LogP) is 4.79. The lowest BCUT2D eigenvalue weighted by Gasteiger charge is -2.17. The summed E-state index contributed by atoms with van der Waals surface area (Å²) in [6.45, 7) is 2.11. The first-order valence-electron chi connectivity index (χ1n) is 10.0. The number of amides is 1. The van der Waals surface area contributed by atoms with Gasteiger partial charge >= 0.3 is 0 Å². The van der Waals surface area contributed by atoms with Gasteiger partial charge in [0.2, 0.25) is 0 Å². The van der Waals surface area contributed by atoms with Crippen molar-refractivity contribution in [3.63, 3.8) is 0 Å². The summed E-state index contributed by atoms with van der Waals surface area (Å²) < 4.78 is 5.27. The molecule has 9 heteroatoms. The molecule has 0 radical (unpaired) electrons. The van der Waals surface area contributed by atoms with E-state index in [-0.39, 0.29) is 11.6 Å². The molecule has 1 amide bonds. The number of thiophene rings is 1. The zero-order valence-corrected chi connectivity index (χ0v) is 17.4.